The molecule has 2 rings (SSSR count). The maximum absolute atomic E-state index is 13.4. The molecule has 0 radical (unpaired) electrons. The van der Waals surface area contributed by atoms with E-state index in [1.165, 1.54) is 12.1 Å². The molecule has 1 N–H and O–H groups in total. The Bertz CT molecular complexity index is 731. The fourth-order valence-corrected chi connectivity index (χ4v) is 1.59. The highest BCUT2D eigenvalue weighted by Crippen LogP contribution is 2.22. The van der Waals surface area contributed by atoms with Crippen molar-refractivity contribution in [3.63, 3.8) is 0 Å². The molecule has 100 valence electrons. The number of halogens is 1. The number of hydrogen-bond donors (Lipinski definition) is 1. The van der Waals surface area contributed by atoms with Crippen LogP contribution in [0.1, 0.15) is 16.1 Å². The summed E-state index contributed by atoms with van der Waals surface area (Å²) in [6.07, 6.45) is 0.819. The van der Waals surface area contributed by atoms with Crippen LogP contribution in [0.5, 0.6) is 0 Å². The highest BCUT2D eigenvalue weighted by molar-refractivity contribution is 5.90. The number of rotatable bonds is 3. The van der Waals surface area contributed by atoms with Gasteiger partial charge >= 0.3 is 11.7 Å². The van der Waals surface area contributed by atoms with Gasteiger partial charge < -0.3 is 5.11 Å². The molecule has 0 spiro atoms. The SMILES string of the molecule is N#Cc1c(F)cccc1-n1cc([N+](=O)[O-])c(C(=O)O)n1. The molecule has 1 aromatic heterocycles. The highest BCUT2D eigenvalue weighted by atomic mass is 19.1. The summed E-state index contributed by atoms with van der Waals surface area (Å²) in [7, 11) is 0. The molecular weight excluding hydrogens is 271 g/mol. The molecule has 1 aromatic carbocycles. The molecule has 0 fully saturated rings. The van der Waals surface area contributed by atoms with Gasteiger partial charge in [-0.2, -0.15) is 10.4 Å². The van der Waals surface area contributed by atoms with E-state index in [0.29, 0.717) is 0 Å². The molecule has 9 heteroatoms. The third-order valence-corrected chi connectivity index (χ3v) is 2.44. The van der Waals surface area contributed by atoms with Crippen LogP contribution in [0.3, 0.4) is 0 Å². The van der Waals surface area contributed by atoms with E-state index in [9.17, 15) is 19.3 Å². The van der Waals surface area contributed by atoms with E-state index in [1.54, 1.807) is 6.07 Å². The van der Waals surface area contributed by atoms with E-state index in [2.05, 4.69) is 5.10 Å². The number of nitro groups is 1. The van der Waals surface area contributed by atoms with Gasteiger partial charge in [0.15, 0.2) is 0 Å². The first kappa shape index (κ1) is 13.2. The van der Waals surface area contributed by atoms with Crippen LogP contribution >= 0.6 is 0 Å². The number of carboxylic acids is 1. The third-order valence-electron chi connectivity index (χ3n) is 2.44. The molecule has 0 bridgehead atoms. The Morgan fingerprint density at radius 2 is 2.25 bits per heavy atom. The zero-order valence-electron chi connectivity index (χ0n) is 9.65. The van der Waals surface area contributed by atoms with Crippen molar-refractivity contribution in [2.75, 3.05) is 0 Å². The first-order valence-corrected chi connectivity index (χ1v) is 5.12. The molecule has 0 amide bonds. The van der Waals surface area contributed by atoms with Crippen molar-refractivity contribution in [1.29, 1.82) is 5.26 Å². The number of aromatic nitrogens is 2. The summed E-state index contributed by atoms with van der Waals surface area (Å²) in [6.45, 7) is 0. The zero-order valence-corrected chi connectivity index (χ0v) is 9.65. The van der Waals surface area contributed by atoms with E-state index >= 15 is 0 Å². The Labute approximate surface area is 110 Å². The number of benzene rings is 1. The topological polar surface area (TPSA) is 122 Å². The van der Waals surface area contributed by atoms with Gasteiger partial charge in [0, 0.05) is 0 Å². The van der Waals surface area contributed by atoms with Gasteiger partial charge in [-0.3, -0.25) is 10.1 Å². The second kappa shape index (κ2) is 4.77. The lowest BCUT2D eigenvalue weighted by Gasteiger charge is -2.03. The third kappa shape index (κ3) is 2.05. The predicted molar refractivity (Wildman–Crippen MR) is 61.9 cm³/mol. The average Bonchev–Trinajstić information content (AvgIpc) is 2.83. The normalized spacial score (nSPS) is 10.0. The zero-order chi connectivity index (χ0) is 14.9. The molecule has 0 unspecified atom stereocenters. The van der Waals surface area contributed by atoms with Crippen molar-refractivity contribution in [2.45, 2.75) is 0 Å². The summed E-state index contributed by atoms with van der Waals surface area (Å²) in [5, 5.41) is 32.0. The monoisotopic (exact) mass is 276 g/mol. The van der Waals surface area contributed by atoms with Crippen molar-refractivity contribution in [2.24, 2.45) is 0 Å². The molecule has 0 aliphatic rings. The van der Waals surface area contributed by atoms with Crippen LogP contribution in [0.25, 0.3) is 5.69 Å². The molecular formula is C11H5FN4O4. The smallest absolute Gasteiger partial charge is 0.363 e. The fourth-order valence-electron chi connectivity index (χ4n) is 1.59. The van der Waals surface area contributed by atoms with Crippen LogP contribution in [0.2, 0.25) is 0 Å². The minimum atomic E-state index is -1.59. The molecule has 0 atom stereocenters. The van der Waals surface area contributed by atoms with E-state index in [-0.39, 0.29) is 11.3 Å². The van der Waals surface area contributed by atoms with Crippen LogP contribution in [0.4, 0.5) is 10.1 Å². The minimum Gasteiger partial charge on any atom is -0.476 e. The first-order chi connectivity index (χ1) is 9.45. The summed E-state index contributed by atoms with van der Waals surface area (Å²) in [4.78, 5) is 20.7. The number of nitrogens with zero attached hydrogens (tertiary/aromatic N) is 4. The molecule has 0 aliphatic carbocycles. The van der Waals surface area contributed by atoms with Crippen LogP contribution in [0.15, 0.2) is 24.4 Å². The average molecular weight is 276 g/mol. The van der Waals surface area contributed by atoms with Crippen molar-refractivity contribution in [3.8, 4) is 11.8 Å². The molecule has 1 heterocycles. The van der Waals surface area contributed by atoms with Gasteiger partial charge in [0.25, 0.3) is 0 Å². The summed E-state index contributed by atoms with van der Waals surface area (Å²) in [6, 6.07) is 5.21. The van der Waals surface area contributed by atoms with Crippen molar-refractivity contribution in [3.05, 3.63) is 51.6 Å². The van der Waals surface area contributed by atoms with Crippen LogP contribution in [-0.2, 0) is 0 Å². The van der Waals surface area contributed by atoms with Gasteiger partial charge in [-0.05, 0) is 12.1 Å². The Morgan fingerprint density at radius 3 is 2.75 bits per heavy atom. The molecule has 0 saturated carbocycles. The maximum Gasteiger partial charge on any atom is 0.363 e. The van der Waals surface area contributed by atoms with E-state index in [1.807, 2.05) is 0 Å². The number of hydrogen-bond acceptors (Lipinski definition) is 5. The number of aromatic carboxylic acids is 1. The molecule has 0 aliphatic heterocycles. The summed E-state index contributed by atoms with van der Waals surface area (Å²) in [5.74, 6) is -2.43. The predicted octanol–water partition coefficient (Wildman–Crippen LogP) is 1.49. The lowest BCUT2D eigenvalue weighted by Crippen LogP contribution is -2.04. The van der Waals surface area contributed by atoms with Crippen molar-refractivity contribution < 1.29 is 19.2 Å². The lowest BCUT2D eigenvalue weighted by atomic mass is 10.2. The highest BCUT2D eigenvalue weighted by Gasteiger charge is 2.26. The second-order valence-corrected chi connectivity index (χ2v) is 3.62. The summed E-state index contributed by atoms with van der Waals surface area (Å²) >= 11 is 0. The largest absolute Gasteiger partial charge is 0.476 e. The maximum atomic E-state index is 13.4. The van der Waals surface area contributed by atoms with Crippen molar-refractivity contribution >= 4 is 11.7 Å². The number of carboxylic acid groups (broad SMARTS) is 1. The Kier molecular flexibility index (Phi) is 3.14. The number of carbonyl (C=O) groups is 1. The van der Waals surface area contributed by atoms with Crippen LogP contribution < -0.4 is 0 Å². The quantitative estimate of drug-likeness (QED) is 0.669. The van der Waals surface area contributed by atoms with E-state index < -0.39 is 28.1 Å². The van der Waals surface area contributed by atoms with E-state index in [0.717, 1.165) is 16.9 Å². The van der Waals surface area contributed by atoms with Crippen molar-refractivity contribution in [1.82, 2.24) is 9.78 Å². The van der Waals surface area contributed by atoms with Gasteiger partial charge in [0.2, 0.25) is 5.69 Å². The lowest BCUT2D eigenvalue weighted by molar-refractivity contribution is -0.385. The van der Waals surface area contributed by atoms with Gasteiger partial charge in [0.05, 0.1) is 10.6 Å². The minimum absolute atomic E-state index is 0.0805. The molecule has 20 heavy (non-hydrogen) atoms. The van der Waals surface area contributed by atoms with Gasteiger partial charge in [0.1, 0.15) is 23.6 Å². The fraction of sp³-hybridized carbons (Fsp3) is 0. The Balaban J connectivity index is 2.70. The first-order valence-electron chi connectivity index (χ1n) is 5.12. The van der Waals surface area contributed by atoms with Gasteiger partial charge in [-0.15, -0.1) is 0 Å². The van der Waals surface area contributed by atoms with Crippen LogP contribution in [0, 0.1) is 27.3 Å². The van der Waals surface area contributed by atoms with E-state index in [4.69, 9.17) is 10.4 Å². The summed E-state index contributed by atoms with van der Waals surface area (Å²) in [5.41, 5.74) is -2.00. The second-order valence-electron chi connectivity index (χ2n) is 3.62. The van der Waals surface area contributed by atoms with Gasteiger partial charge in [-0.25, -0.2) is 13.9 Å². The standard InChI is InChI=1S/C11H5FN4O4/c12-7-2-1-3-8(6(7)4-13)15-5-9(16(19)20)10(14-15)11(17)18/h1-3,5H,(H,17,18). The van der Waals surface area contributed by atoms with Gasteiger partial charge in [-0.1, -0.05) is 6.07 Å². The number of nitriles is 1. The van der Waals surface area contributed by atoms with Crippen LogP contribution in [-0.4, -0.2) is 25.8 Å². The molecule has 8 nitrogen and oxygen atoms in total. The Hall–Kier alpha value is -3.28. The summed E-state index contributed by atoms with van der Waals surface area (Å²) < 4.78 is 14.2. The molecule has 2 aromatic rings. The molecule has 0 saturated heterocycles. The Morgan fingerprint density at radius 1 is 1.55 bits per heavy atom.